The summed E-state index contributed by atoms with van der Waals surface area (Å²) in [5.41, 5.74) is 1.80. The minimum atomic E-state index is 0.287. The van der Waals surface area contributed by atoms with Crippen molar-refractivity contribution in [2.45, 2.75) is 18.9 Å². The van der Waals surface area contributed by atoms with E-state index in [2.05, 4.69) is 28.1 Å². The molecule has 1 atom stereocenters. The molecule has 2 aliphatic heterocycles. The van der Waals surface area contributed by atoms with Crippen molar-refractivity contribution in [1.82, 2.24) is 4.98 Å². The van der Waals surface area contributed by atoms with E-state index in [1.54, 1.807) is 6.20 Å². The van der Waals surface area contributed by atoms with Gasteiger partial charge in [0.25, 0.3) is 0 Å². The normalized spacial score (nSPS) is 19.2. The van der Waals surface area contributed by atoms with Crippen molar-refractivity contribution in [3.8, 4) is 17.6 Å². The van der Waals surface area contributed by atoms with Crippen LogP contribution in [0.15, 0.2) is 36.5 Å². The molecule has 0 unspecified atom stereocenters. The van der Waals surface area contributed by atoms with Crippen LogP contribution in [0, 0.1) is 11.3 Å². The van der Waals surface area contributed by atoms with Crippen molar-refractivity contribution in [2.75, 3.05) is 18.2 Å². The van der Waals surface area contributed by atoms with Gasteiger partial charge < -0.3 is 14.4 Å². The van der Waals surface area contributed by atoms with Crippen LogP contribution in [-0.4, -0.2) is 18.3 Å². The van der Waals surface area contributed by atoms with Crippen LogP contribution in [0.2, 0.25) is 0 Å². The van der Waals surface area contributed by atoms with Crippen LogP contribution in [0.3, 0.4) is 0 Å². The van der Waals surface area contributed by atoms with Crippen molar-refractivity contribution in [3.63, 3.8) is 0 Å². The fourth-order valence-electron chi connectivity index (χ4n) is 3.13. The molecule has 0 saturated carbocycles. The summed E-state index contributed by atoms with van der Waals surface area (Å²) in [5, 5.41) is 8.88. The maximum absolute atomic E-state index is 8.88. The first-order valence-electron chi connectivity index (χ1n) is 7.37. The highest BCUT2D eigenvalue weighted by Crippen LogP contribution is 2.40. The van der Waals surface area contributed by atoms with Gasteiger partial charge in [-0.3, -0.25) is 0 Å². The lowest BCUT2D eigenvalue weighted by Gasteiger charge is -2.26. The number of anilines is 1. The Hall–Kier alpha value is -2.74. The van der Waals surface area contributed by atoms with Crippen LogP contribution in [0.4, 0.5) is 5.82 Å². The van der Waals surface area contributed by atoms with Gasteiger partial charge in [0.2, 0.25) is 6.79 Å². The third kappa shape index (κ3) is 2.13. The van der Waals surface area contributed by atoms with Crippen LogP contribution in [-0.2, 0) is 0 Å². The second kappa shape index (κ2) is 5.23. The van der Waals surface area contributed by atoms with Crippen LogP contribution < -0.4 is 14.4 Å². The molecule has 5 heteroatoms. The summed E-state index contributed by atoms with van der Waals surface area (Å²) >= 11 is 0. The fourth-order valence-corrected chi connectivity index (χ4v) is 3.13. The molecule has 110 valence electrons. The quantitative estimate of drug-likeness (QED) is 0.852. The molecule has 4 rings (SSSR count). The summed E-state index contributed by atoms with van der Waals surface area (Å²) in [5.74, 6) is 2.54. The standard InChI is InChI=1S/C17H15N3O2/c18-9-12-3-6-17(19-10-12)20-7-1-2-14(20)13-4-5-15-16(8-13)22-11-21-15/h3-6,8,10,14H,1-2,7,11H2/t14-/m0/s1. The first-order chi connectivity index (χ1) is 10.8. The number of aromatic nitrogens is 1. The van der Waals surface area contributed by atoms with E-state index in [1.165, 1.54) is 5.56 Å². The Bertz CT molecular complexity index is 737. The minimum Gasteiger partial charge on any atom is -0.454 e. The summed E-state index contributed by atoms with van der Waals surface area (Å²) in [7, 11) is 0. The summed E-state index contributed by atoms with van der Waals surface area (Å²) < 4.78 is 10.9. The molecule has 22 heavy (non-hydrogen) atoms. The largest absolute Gasteiger partial charge is 0.454 e. The second-order valence-electron chi connectivity index (χ2n) is 5.48. The Kier molecular flexibility index (Phi) is 3.08. The molecule has 0 spiro atoms. The zero-order valence-electron chi connectivity index (χ0n) is 12.0. The summed E-state index contributed by atoms with van der Waals surface area (Å²) in [6.45, 7) is 1.27. The SMILES string of the molecule is N#Cc1ccc(N2CCC[C@H]2c2ccc3c(c2)OCO3)nc1. The van der Waals surface area contributed by atoms with Crippen molar-refractivity contribution >= 4 is 5.82 Å². The summed E-state index contributed by atoms with van der Waals surface area (Å²) in [6.07, 6.45) is 3.84. The van der Waals surface area contributed by atoms with Crippen LogP contribution in [0.1, 0.15) is 30.0 Å². The molecule has 1 aromatic heterocycles. The number of fused-ring (bicyclic) bond motifs is 1. The van der Waals surface area contributed by atoms with Gasteiger partial charge in [-0.1, -0.05) is 6.07 Å². The second-order valence-corrected chi connectivity index (χ2v) is 5.48. The highest BCUT2D eigenvalue weighted by Gasteiger charge is 2.28. The third-order valence-electron chi connectivity index (χ3n) is 4.21. The van der Waals surface area contributed by atoms with Gasteiger partial charge in [0.1, 0.15) is 11.9 Å². The van der Waals surface area contributed by atoms with Crippen molar-refractivity contribution in [1.29, 1.82) is 5.26 Å². The highest BCUT2D eigenvalue weighted by molar-refractivity contribution is 5.50. The summed E-state index contributed by atoms with van der Waals surface area (Å²) in [6, 6.07) is 12.3. The molecule has 0 radical (unpaired) electrons. The topological polar surface area (TPSA) is 58.4 Å². The number of hydrogen-bond donors (Lipinski definition) is 0. The Morgan fingerprint density at radius 1 is 1.18 bits per heavy atom. The first-order valence-corrected chi connectivity index (χ1v) is 7.37. The molecular weight excluding hydrogens is 278 g/mol. The van der Waals surface area contributed by atoms with Gasteiger partial charge in [-0.2, -0.15) is 5.26 Å². The molecule has 3 heterocycles. The lowest BCUT2D eigenvalue weighted by molar-refractivity contribution is 0.174. The predicted octanol–water partition coefficient (Wildman–Crippen LogP) is 3.02. The monoisotopic (exact) mass is 293 g/mol. The molecule has 1 aromatic carbocycles. The van der Waals surface area contributed by atoms with Gasteiger partial charge in [0.05, 0.1) is 11.6 Å². The number of benzene rings is 1. The molecule has 0 N–H and O–H groups in total. The number of nitriles is 1. The van der Waals surface area contributed by atoms with E-state index in [1.807, 2.05) is 18.2 Å². The third-order valence-corrected chi connectivity index (χ3v) is 4.21. The van der Waals surface area contributed by atoms with Crippen LogP contribution in [0.25, 0.3) is 0 Å². The van der Waals surface area contributed by atoms with E-state index in [0.29, 0.717) is 12.4 Å². The molecule has 0 aliphatic carbocycles. The minimum absolute atomic E-state index is 0.287. The van der Waals surface area contributed by atoms with E-state index in [9.17, 15) is 0 Å². The molecule has 2 aliphatic rings. The van der Waals surface area contributed by atoms with E-state index in [4.69, 9.17) is 14.7 Å². The van der Waals surface area contributed by atoms with Crippen LogP contribution >= 0.6 is 0 Å². The molecule has 5 nitrogen and oxygen atoms in total. The van der Waals surface area contributed by atoms with Crippen molar-refractivity contribution < 1.29 is 9.47 Å². The van der Waals surface area contributed by atoms with E-state index in [0.717, 1.165) is 36.7 Å². The molecule has 1 saturated heterocycles. The number of hydrogen-bond acceptors (Lipinski definition) is 5. The van der Waals surface area contributed by atoms with Gasteiger partial charge in [-0.15, -0.1) is 0 Å². The number of nitrogens with zero attached hydrogens (tertiary/aromatic N) is 3. The molecule has 1 fully saturated rings. The van der Waals surface area contributed by atoms with Crippen molar-refractivity contribution in [2.24, 2.45) is 0 Å². The van der Waals surface area contributed by atoms with E-state index in [-0.39, 0.29) is 6.04 Å². The number of rotatable bonds is 2. The number of ether oxygens (including phenoxy) is 2. The van der Waals surface area contributed by atoms with Gasteiger partial charge in [0, 0.05) is 12.7 Å². The first kappa shape index (κ1) is 13.0. The number of pyridine rings is 1. The average Bonchev–Trinajstić information content (AvgIpc) is 3.23. The Morgan fingerprint density at radius 3 is 2.91 bits per heavy atom. The summed E-state index contributed by atoms with van der Waals surface area (Å²) in [4.78, 5) is 6.72. The smallest absolute Gasteiger partial charge is 0.231 e. The molecule has 0 amide bonds. The predicted molar refractivity (Wildman–Crippen MR) is 80.8 cm³/mol. The highest BCUT2D eigenvalue weighted by atomic mass is 16.7. The van der Waals surface area contributed by atoms with E-state index >= 15 is 0 Å². The van der Waals surface area contributed by atoms with E-state index < -0.39 is 0 Å². The molecular formula is C17H15N3O2. The van der Waals surface area contributed by atoms with Gasteiger partial charge in [-0.05, 0) is 42.7 Å². The zero-order chi connectivity index (χ0) is 14.9. The average molecular weight is 293 g/mol. The maximum Gasteiger partial charge on any atom is 0.231 e. The van der Waals surface area contributed by atoms with Crippen LogP contribution in [0.5, 0.6) is 11.5 Å². The van der Waals surface area contributed by atoms with Gasteiger partial charge in [0.15, 0.2) is 11.5 Å². The Balaban J connectivity index is 1.64. The molecule has 2 aromatic rings. The van der Waals surface area contributed by atoms with Crippen molar-refractivity contribution in [3.05, 3.63) is 47.7 Å². The van der Waals surface area contributed by atoms with Gasteiger partial charge >= 0.3 is 0 Å². The zero-order valence-corrected chi connectivity index (χ0v) is 12.0. The Morgan fingerprint density at radius 2 is 2.09 bits per heavy atom. The van der Waals surface area contributed by atoms with Gasteiger partial charge in [-0.25, -0.2) is 4.98 Å². The molecule has 0 bridgehead atoms. The Labute approximate surface area is 128 Å². The lowest BCUT2D eigenvalue weighted by atomic mass is 10.0. The maximum atomic E-state index is 8.88. The lowest BCUT2D eigenvalue weighted by Crippen LogP contribution is -2.23. The fraction of sp³-hybridized carbons (Fsp3) is 0.294.